The van der Waals surface area contributed by atoms with Gasteiger partial charge in [-0.15, -0.1) is 24.5 Å². The molecular formula is C15H12BrF3N2O3S. The minimum absolute atomic E-state index is 0.199. The molecule has 0 aliphatic heterocycles. The normalized spacial score (nSPS) is 11.1. The van der Waals surface area contributed by atoms with E-state index in [0.717, 1.165) is 15.9 Å². The number of carbonyl (C=O) groups excluding carboxylic acids is 2. The Hall–Kier alpha value is -2.07. The highest BCUT2D eigenvalue weighted by Crippen LogP contribution is 2.24. The van der Waals surface area contributed by atoms with Gasteiger partial charge in [0.2, 0.25) is 5.91 Å². The maximum Gasteiger partial charge on any atom is 0.573 e. The van der Waals surface area contributed by atoms with Gasteiger partial charge in [0, 0.05) is 12.7 Å². The summed E-state index contributed by atoms with van der Waals surface area (Å²) in [5.74, 6) is -1.17. The summed E-state index contributed by atoms with van der Waals surface area (Å²) in [5, 5.41) is 2.50. The summed E-state index contributed by atoms with van der Waals surface area (Å²) in [6, 6.07) is 8.10. The second-order valence-corrected chi connectivity index (χ2v) is 7.35. The first kappa shape index (κ1) is 19.3. The molecule has 134 valence electrons. The van der Waals surface area contributed by atoms with Crippen molar-refractivity contribution in [3.8, 4) is 5.75 Å². The van der Waals surface area contributed by atoms with Crippen molar-refractivity contribution < 1.29 is 27.5 Å². The zero-order valence-electron chi connectivity index (χ0n) is 12.8. The lowest BCUT2D eigenvalue weighted by atomic mass is 10.3. The molecule has 1 N–H and O–H groups in total. The van der Waals surface area contributed by atoms with Crippen molar-refractivity contribution in [3.05, 3.63) is 45.1 Å². The van der Waals surface area contributed by atoms with Gasteiger partial charge in [-0.05, 0) is 52.3 Å². The van der Waals surface area contributed by atoms with Crippen LogP contribution in [0.15, 0.2) is 40.2 Å². The van der Waals surface area contributed by atoms with Gasteiger partial charge >= 0.3 is 6.36 Å². The van der Waals surface area contributed by atoms with E-state index < -0.39 is 12.3 Å². The Bertz CT molecular complexity index is 762. The van der Waals surface area contributed by atoms with Crippen LogP contribution in [0.3, 0.4) is 0 Å². The molecule has 0 radical (unpaired) electrons. The zero-order valence-corrected chi connectivity index (χ0v) is 15.2. The number of alkyl halides is 3. The maximum atomic E-state index is 12.1. The molecule has 1 heterocycles. The van der Waals surface area contributed by atoms with Crippen LogP contribution in [0.2, 0.25) is 0 Å². The standard InChI is InChI=1S/C15H12BrF3N2O3S/c1-21(14(23)11-6-7-12(16)25-11)8-13(22)20-9-2-4-10(5-3-9)24-15(17,18)19/h2-7H,8H2,1H3,(H,20,22). The third-order valence-corrected chi connectivity index (χ3v) is 4.49. The van der Waals surface area contributed by atoms with Crippen LogP contribution in [0.4, 0.5) is 18.9 Å². The molecule has 0 saturated heterocycles. The van der Waals surface area contributed by atoms with Gasteiger partial charge < -0.3 is 15.0 Å². The van der Waals surface area contributed by atoms with Crippen LogP contribution < -0.4 is 10.1 Å². The number of rotatable bonds is 5. The Labute approximate surface area is 153 Å². The van der Waals surface area contributed by atoms with E-state index in [-0.39, 0.29) is 18.2 Å². The molecule has 0 unspecified atom stereocenters. The summed E-state index contributed by atoms with van der Waals surface area (Å²) >= 11 is 4.51. The highest BCUT2D eigenvalue weighted by Gasteiger charge is 2.31. The Morgan fingerprint density at radius 2 is 1.84 bits per heavy atom. The van der Waals surface area contributed by atoms with Crippen molar-refractivity contribution in [2.24, 2.45) is 0 Å². The third-order valence-electron chi connectivity index (χ3n) is 2.88. The van der Waals surface area contributed by atoms with Gasteiger partial charge in [-0.25, -0.2) is 0 Å². The Balaban J connectivity index is 1.90. The fourth-order valence-corrected chi connectivity index (χ4v) is 3.23. The Morgan fingerprint density at radius 1 is 1.20 bits per heavy atom. The SMILES string of the molecule is CN(CC(=O)Nc1ccc(OC(F)(F)F)cc1)C(=O)c1ccc(Br)s1. The molecule has 1 aromatic heterocycles. The van der Waals surface area contributed by atoms with E-state index in [1.807, 2.05) is 0 Å². The number of nitrogens with one attached hydrogen (secondary N) is 1. The van der Waals surface area contributed by atoms with Crippen molar-refractivity contribution in [1.82, 2.24) is 4.90 Å². The number of nitrogens with zero attached hydrogens (tertiary/aromatic N) is 1. The maximum absolute atomic E-state index is 12.1. The molecule has 0 saturated carbocycles. The van der Waals surface area contributed by atoms with E-state index in [4.69, 9.17) is 0 Å². The number of thiophene rings is 1. The lowest BCUT2D eigenvalue weighted by Crippen LogP contribution is -2.34. The van der Waals surface area contributed by atoms with Gasteiger partial charge in [0.1, 0.15) is 5.75 Å². The molecule has 2 aromatic rings. The fourth-order valence-electron chi connectivity index (χ4n) is 1.85. The summed E-state index contributed by atoms with van der Waals surface area (Å²) < 4.78 is 40.8. The first-order chi connectivity index (χ1) is 11.6. The van der Waals surface area contributed by atoms with E-state index in [9.17, 15) is 22.8 Å². The number of halogens is 4. The van der Waals surface area contributed by atoms with E-state index in [2.05, 4.69) is 26.0 Å². The Morgan fingerprint density at radius 3 is 2.36 bits per heavy atom. The van der Waals surface area contributed by atoms with E-state index in [1.54, 1.807) is 12.1 Å². The quantitative estimate of drug-likeness (QED) is 0.766. The number of benzene rings is 1. The average Bonchev–Trinajstić information content (AvgIpc) is 2.93. The van der Waals surface area contributed by atoms with E-state index in [0.29, 0.717) is 10.6 Å². The third kappa shape index (κ3) is 6.05. The van der Waals surface area contributed by atoms with Crippen LogP contribution in [-0.4, -0.2) is 36.7 Å². The molecule has 0 aliphatic carbocycles. The van der Waals surface area contributed by atoms with Gasteiger partial charge in [-0.3, -0.25) is 9.59 Å². The van der Waals surface area contributed by atoms with Gasteiger partial charge in [0.15, 0.2) is 0 Å². The number of likely N-dealkylation sites (N-methyl/N-ethyl adjacent to an activating group) is 1. The summed E-state index contributed by atoms with van der Waals surface area (Å²) in [7, 11) is 1.48. The van der Waals surface area contributed by atoms with Crippen molar-refractivity contribution in [2.75, 3.05) is 18.9 Å². The largest absolute Gasteiger partial charge is 0.573 e. The molecule has 0 aliphatic rings. The Kier molecular flexibility index (Phi) is 6.07. The second kappa shape index (κ2) is 7.87. The van der Waals surface area contributed by atoms with Crippen LogP contribution in [-0.2, 0) is 4.79 Å². The second-order valence-electron chi connectivity index (χ2n) is 4.89. The van der Waals surface area contributed by atoms with Crippen LogP contribution >= 0.6 is 27.3 Å². The lowest BCUT2D eigenvalue weighted by Gasteiger charge is -2.16. The number of ether oxygens (including phenoxy) is 1. The molecule has 0 atom stereocenters. The summed E-state index contributed by atoms with van der Waals surface area (Å²) in [6.07, 6.45) is -4.77. The van der Waals surface area contributed by atoms with Crippen LogP contribution in [0.1, 0.15) is 9.67 Å². The predicted octanol–water partition coefficient (Wildman–Crippen LogP) is 4.12. The molecule has 1 aromatic carbocycles. The summed E-state index contributed by atoms with van der Waals surface area (Å²) in [6.45, 7) is -0.199. The number of hydrogen-bond acceptors (Lipinski definition) is 4. The highest BCUT2D eigenvalue weighted by molar-refractivity contribution is 9.11. The molecule has 5 nitrogen and oxygen atoms in total. The van der Waals surface area contributed by atoms with Crippen LogP contribution in [0, 0.1) is 0 Å². The molecule has 0 fully saturated rings. The predicted molar refractivity (Wildman–Crippen MR) is 90.7 cm³/mol. The van der Waals surface area contributed by atoms with Crippen LogP contribution in [0.25, 0.3) is 0 Å². The smallest absolute Gasteiger partial charge is 0.406 e. The van der Waals surface area contributed by atoms with E-state index in [1.165, 1.54) is 35.4 Å². The number of amides is 2. The molecule has 25 heavy (non-hydrogen) atoms. The van der Waals surface area contributed by atoms with Crippen molar-refractivity contribution in [1.29, 1.82) is 0 Å². The average molecular weight is 437 g/mol. The van der Waals surface area contributed by atoms with Gasteiger partial charge in [0.05, 0.1) is 15.2 Å². The van der Waals surface area contributed by atoms with Crippen molar-refractivity contribution in [3.63, 3.8) is 0 Å². The lowest BCUT2D eigenvalue weighted by molar-refractivity contribution is -0.274. The first-order valence-electron chi connectivity index (χ1n) is 6.80. The van der Waals surface area contributed by atoms with Crippen molar-refractivity contribution in [2.45, 2.75) is 6.36 Å². The van der Waals surface area contributed by atoms with Gasteiger partial charge in [-0.1, -0.05) is 0 Å². The number of carbonyl (C=O) groups is 2. The molecule has 10 heteroatoms. The van der Waals surface area contributed by atoms with Gasteiger partial charge in [0.25, 0.3) is 5.91 Å². The number of hydrogen-bond donors (Lipinski definition) is 1. The zero-order chi connectivity index (χ0) is 18.6. The van der Waals surface area contributed by atoms with Gasteiger partial charge in [-0.2, -0.15) is 0 Å². The molecule has 2 amide bonds. The molecule has 2 rings (SSSR count). The first-order valence-corrected chi connectivity index (χ1v) is 8.41. The minimum atomic E-state index is -4.77. The molecular weight excluding hydrogens is 425 g/mol. The van der Waals surface area contributed by atoms with Crippen LogP contribution in [0.5, 0.6) is 5.75 Å². The number of anilines is 1. The molecule has 0 spiro atoms. The monoisotopic (exact) mass is 436 g/mol. The fraction of sp³-hybridized carbons (Fsp3) is 0.200. The van der Waals surface area contributed by atoms with Crippen molar-refractivity contribution >= 4 is 44.8 Å². The summed E-state index contributed by atoms with van der Waals surface area (Å²) in [5.41, 5.74) is 0.291. The van der Waals surface area contributed by atoms with E-state index >= 15 is 0 Å². The summed E-state index contributed by atoms with van der Waals surface area (Å²) in [4.78, 5) is 25.8. The topological polar surface area (TPSA) is 58.6 Å². The minimum Gasteiger partial charge on any atom is -0.406 e. The molecule has 0 bridgehead atoms. The highest BCUT2D eigenvalue weighted by atomic mass is 79.9.